The van der Waals surface area contributed by atoms with Gasteiger partial charge in [-0.25, -0.2) is 4.98 Å². The van der Waals surface area contributed by atoms with Crippen molar-refractivity contribution in [1.82, 2.24) is 9.97 Å². The van der Waals surface area contributed by atoms with Crippen LogP contribution in [0.25, 0.3) is 0 Å². The highest BCUT2D eigenvalue weighted by molar-refractivity contribution is 5.46. The normalized spacial score (nSPS) is 22.5. The number of ether oxygens (including phenoxy) is 1. The zero-order chi connectivity index (χ0) is 13.7. The summed E-state index contributed by atoms with van der Waals surface area (Å²) in [5.41, 5.74) is 1.08. The molecule has 2 rings (SSSR count). The fourth-order valence-electron chi connectivity index (χ4n) is 2.47. The third kappa shape index (κ3) is 3.56. The lowest BCUT2D eigenvalue weighted by atomic mass is 10.00. The van der Waals surface area contributed by atoms with Crippen LogP contribution in [0.1, 0.15) is 32.3 Å². The van der Waals surface area contributed by atoms with E-state index in [9.17, 15) is 0 Å². The minimum absolute atomic E-state index is 0.392. The van der Waals surface area contributed by atoms with Gasteiger partial charge in [0.2, 0.25) is 5.95 Å². The Hall–Kier alpha value is -1.36. The molecular weight excluding hydrogens is 240 g/mol. The van der Waals surface area contributed by atoms with Crippen LogP contribution in [0.3, 0.4) is 0 Å². The second-order valence-corrected chi connectivity index (χ2v) is 5.00. The van der Waals surface area contributed by atoms with Crippen LogP contribution < -0.4 is 10.6 Å². The number of aryl methyl sites for hydroxylation is 1. The molecule has 5 nitrogen and oxygen atoms in total. The van der Waals surface area contributed by atoms with Crippen molar-refractivity contribution in [3.8, 4) is 0 Å². The molecule has 1 aromatic rings. The van der Waals surface area contributed by atoms with Crippen LogP contribution >= 0.6 is 0 Å². The SMILES string of the molecule is CCNc1ncc(C)c(NCC2CCOC2CC)n1. The highest BCUT2D eigenvalue weighted by Crippen LogP contribution is 2.24. The van der Waals surface area contributed by atoms with Gasteiger partial charge in [-0.1, -0.05) is 6.92 Å². The Morgan fingerprint density at radius 1 is 1.37 bits per heavy atom. The molecule has 2 atom stereocenters. The number of aromatic nitrogens is 2. The smallest absolute Gasteiger partial charge is 0.224 e. The van der Waals surface area contributed by atoms with E-state index >= 15 is 0 Å². The summed E-state index contributed by atoms with van der Waals surface area (Å²) in [6, 6.07) is 0. The Kier molecular flexibility index (Phi) is 4.96. The van der Waals surface area contributed by atoms with Gasteiger partial charge in [0.15, 0.2) is 0 Å². The second-order valence-electron chi connectivity index (χ2n) is 5.00. The molecule has 1 saturated heterocycles. The fraction of sp³-hybridized carbons (Fsp3) is 0.714. The number of nitrogens with zero attached hydrogens (tertiary/aromatic N) is 2. The monoisotopic (exact) mass is 264 g/mol. The number of hydrogen-bond acceptors (Lipinski definition) is 5. The molecule has 5 heteroatoms. The average molecular weight is 264 g/mol. The highest BCUT2D eigenvalue weighted by atomic mass is 16.5. The minimum atomic E-state index is 0.392. The van der Waals surface area contributed by atoms with E-state index in [0.29, 0.717) is 18.0 Å². The number of rotatable bonds is 6. The van der Waals surface area contributed by atoms with Gasteiger partial charge in [0.05, 0.1) is 6.10 Å². The van der Waals surface area contributed by atoms with Crippen LogP contribution in [0.5, 0.6) is 0 Å². The van der Waals surface area contributed by atoms with Crippen LogP contribution in [0, 0.1) is 12.8 Å². The maximum atomic E-state index is 5.71. The number of anilines is 2. The van der Waals surface area contributed by atoms with Gasteiger partial charge in [0.1, 0.15) is 5.82 Å². The van der Waals surface area contributed by atoms with Gasteiger partial charge in [-0.05, 0) is 26.7 Å². The Labute approximate surface area is 115 Å². The molecule has 106 valence electrons. The van der Waals surface area contributed by atoms with Crippen LogP contribution in [0.4, 0.5) is 11.8 Å². The van der Waals surface area contributed by atoms with E-state index in [-0.39, 0.29) is 0 Å². The van der Waals surface area contributed by atoms with Gasteiger partial charge in [-0.2, -0.15) is 4.98 Å². The second kappa shape index (κ2) is 6.70. The van der Waals surface area contributed by atoms with Crippen molar-refractivity contribution in [3.05, 3.63) is 11.8 Å². The standard InChI is InChI=1S/C14H24N4O/c1-4-12-11(6-7-19-12)9-16-13-10(3)8-17-14(18-13)15-5-2/h8,11-12H,4-7,9H2,1-3H3,(H2,15,16,17,18). The van der Waals surface area contributed by atoms with Gasteiger partial charge in [-0.15, -0.1) is 0 Å². The Balaban J connectivity index is 1.96. The largest absolute Gasteiger partial charge is 0.378 e. The topological polar surface area (TPSA) is 59.1 Å². The lowest BCUT2D eigenvalue weighted by Crippen LogP contribution is -2.23. The molecule has 19 heavy (non-hydrogen) atoms. The highest BCUT2D eigenvalue weighted by Gasteiger charge is 2.26. The van der Waals surface area contributed by atoms with E-state index in [1.54, 1.807) is 0 Å². The van der Waals surface area contributed by atoms with Crippen LogP contribution in [0.15, 0.2) is 6.20 Å². The number of nitrogens with one attached hydrogen (secondary N) is 2. The summed E-state index contributed by atoms with van der Waals surface area (Å²) in [5, 5.41) is 6.58. The van der Waals surface area contributed by atoms with E-state index in [2.05, 4.69) is 27.5 Å². The summed E-state index contributed by atoms with van der Waals surface area (Å²) in [4.78, 5) is 8.75. The molecule has 0 aliphatic carbocycles. The molecule has 2 N–H and O–H groups in total. The Bertz CT molecular complexity index is 410. The number of hydrogen-bond donors (Lipinski definition) is 2. The van der Waals surface area contributed by atoms with Crippen molar-refractivity contribution in [2.75, 3.05) is 30.3 Å². The van der Waals surface area contributed by atoms with Crippen molar-refractivity contribution in [2.24, 2.45) is 5.92 Å². The summed E-state index contributed by atoms with van der Waals surface area (Å²) in [6.07, 6.45) is 4.46. The first kappa shape index (κ1) is 14.1. The molecule has 2 heterocycles. The Morgan fingerprint density at radius 3 is 2.95 bits per heavy atom. The first-order valence-corrected chi connectivity index (χ1v) is 7.17. The fourth-order valence-corrected chi connectivity index (χ4v) is 2.47. The molecule has 0 saturated carbocycles. The van der Waals surface area contributed by atoms with Crippen molar-refractivity contribution in [3.63, 3.8) is 0 Å². The lowest BCUT2D eigenvalue weighted by Gasteiger charge is -2.18. The lowest BCUT2D eigenvalue weighted by molar-refractivity contribution is 0.0900. The van der Waals surface area contributed by atoms with Crippen molar-refractivity contribution >= 4 is 11.8 Å². The average Bonchev–Trinajstić information content (AvgIpc) is 2.87. The summed E-state index contributed by atoms with van der Waals surface area (Å²) in [5.74, 6) is 2.19. The third-order valence-corrected chi connectivity index (χ3v) is 3.59. The van der Waals surface area contributed by atoms with E-state index in [1.165, 1.54) is 0 Å². The van der Waals surface area contributed by atoms with E-state index in [4.69, 9.17) is 4.74 Å². The van der Waals surface area contributed by atoms with Crippen molar-refractivity contribution in [1.29, 1.82) is 0 Å². The predicted molar refractivity (Wildman–Crippen MR) is 77.6 cm³/mol. The molecule has 2 unspecified atom stereocenters. The molecule has 1 aliphatic rings. The molecular formula is C14H24N4O. The van der Waals surface area contributed by atoms with E-state index < -0.39 is 0 Å². The zero-order valence-corrected chi connectivity index (χ0v) is 12.1. The van der Waals surface area contributed by atoms with Crippen molar-refractivity contribution in [2.45, 2.75) is 39.7 Å². The molecule has 0 radical (unpaired) electrons. The Morgan fingerprint density at radius 2 is 2.21 bits per heavy atom. The summed E-state index contributed by atoms with van der Waals surface area (Å²) in [7, 11) is 0. The van der Waals surface area contributed by atoms with Gasteiger partial charge in [-0.3, -0.25) is 0 Å². The molecule has 0 amide bonds. The first-order chi connectivity index (χ1) is 9.24. The maximum absolute atomic E-state index is 5.71. The summed E-state index contributed by atoms with van der Waals surface area (Å²) >= 11 is 0. The zero-order valence-electron chi connectivity index (χ0n) is 12.1. The molecule has 0 spiro atoms. The first-order valence-electron chi connectivity index (χ1n) is 7.17. The molecule has 1 aromatic heterocycles. The third-order valence-electron chi connectivity index (χ3n) is 3.59. The van der Waals surface area contributed by atoms with Crippen LogP contribution in [-0.4, -0.2) is 35.8 Å². The van der Waals surface area contributed by atoms with Gasteiger partial charge >= 0.3 is 0 Å². The van der Waals surface area contributed by atoms with Crippen LogP contribution in [0.2, 0.25) is 0 Å². The van der Waals surface area contributed by atoms with Crippen LogP contribution in [-0.2, 0) is 4.74 Å². The molecule has 0 bridgehead atoms. The van der Waals surface area contributed by atoms with E-state index in [1.807, 2.05) is 20.0 Å². The van der Waals surface area contributed by atoms with Gasteiger partial charge in [0, 0.05) is 37.4 Å². The quantitative estimate of drug-likeness (QED) is 0.826. The molecule has 1 fully saturated rings. The van der Waals surface area contributed by atoms with Gasteiger partial charge < -0.3 is 15.4 Å². The minimum Gasteiger partial charge on any atom is -0.378 e. The maximum Gasteiger partial charge on any atom is 0.224 e. The molecule has 1 aliphatic heterocycles. The van der Waals surface area contributed by atoms with E-state index in [0.717, 1.165) is 43.9 Å². The van der Waals surface area contributed by atoms with Gasteiger partial charge in [0.25, 0.3) is 0 Å². The summed E-state index contributed by atoms with van der Waals surface area (Å²) in [6.45, 7) is 8.88. The predicted octanol–water partition coefficient (Wildman–Crippen LogP) is 2.44. The summed E-state index contributed by atoms with van der Waals surface area (Å²) < 4.78 is 5.71. The molecule has 0 aromatic carbocycles. The van der Waals surface area contributed by atoms with Crippen molar-refractivity contribution < 1.29 is 4.74 Å².